The van der Waals surface area contributed by atoms with Gasteiger partial charge in [-0.1, -0.05) is 18.2 Å². The van der Waals surface area contributed by atoms with Crippen LogP contribution in [0, 0.1) is 5.92 Å². The Morgan fingerprint density at radius 3 is 2.73 bits per heavy atom. The van der Waals surface area contributed by atoms with Crippen molar-refractivity contribution in [2.24, 2.45) is 5.92 Å². The number of carboxylic acids is 1. The van der Waals surface area contributed by atoms with E-state index in [1.165, 1.54) is 4.90 Å². The lowest BCUT2D eigenvalue weighted by molar-refractivity contribution is -0.142. The molecule has 1 aromatic heterocycles. The molecule has 0 radical (unpaired) electrons. The molecular formula is C22H28N2O5S. The van der Waals surface area contributed by atoms with Crippen molar-refractivity contribution in [3.63, 3.8) is 0 Å². The van der Waals surface area contributed by atoms with Crippen LogP contribution in [0.2, 0.25) is 0 Å². The predicted octanol–water partition coefficient (Wildman–Crippen LogP) is 3.66. The molecule has 0 unspecified atom stereocenters. The first-order valence-electron chi connectivity index (χ1n) is 10.1. The lowest BCUT2D eigenvalue weighted by atomic mass is 9.96. The fourth-order valence-corrected chi connectivity index (χ4v) is 4.56. The molecule has 3 rings (SSSR count). The van der Waals surface area contributed by atoms with E-state index in [2.05, 4.69) is 5.32 Å². The Morgan fingerprint density at radius 1 is 1.30 bits per heavy atom. The number of fused-ring (bicyclic) bond motifs is 1. The number of hydrogen-bond acceptors (Lipinski definition) is 5. The Kier molecular flexibility index (Phi) is 6.65. The maximum absolute atomic E-state index is 12.8. The molecule has 30 heavy (non-hydrogen) atoms. The molecular weight excluding hydrogens is 404 g/mol. The van der Waals surface area contributed by atoms with E-state index in [4.69, 9.17) is 4.74 Å². The number of hydrogen-bond donors (Lipinski definition) is 2. The third kappa shape index (κ3) is 5.50. The minimum absolute atomic E-state index is 0.216. The third-order valence-corrected chi connectivity index (χ3v) is 6.06. The molecule has 1 saturated heterocycles. The van der Waals surface area contributed by atoms with Crippen molar-refractivity contribution in [3.05, 3.63) is 35.2 Å². The molecule has 2 heterocycles. The van der Waals surface area contributed by atoms with Crippen LogP contribution in [0.1, 0.15) is 39.2 Å². The number of aliphatic carboxylic acids is 1. The molecule has 0 aliphatic carbocycles. The van der Waals surface area contributed by atoms with Gasteiger partial charge in [0.1, 0.15) is 11.6 Å². The molecule has 8 heteroatoms. The topological polar surface area (TPSA) is 95.9 Å². The van der Waals surface area contributed by atoms with Gasteiger partial charge in [-0.25, -0.2) is 9.59 Å². The van der Waals surface area contributed by atoms with Gasteiger partial charge in [-0.3, -0.25) is 4.79 Å². The average Bonchev–Trinajstić information content (AvgIpc) is 3.09. The summed E-state index contributed by atoms with van der Waals surface area (Å²) >= 11 is 1.56. The normalized spacial score (nSPS) is 18.1. The summed E-state index contributed by atoms with van der Waals surface area (Å²) in [6.07, 6.45) is 1.05. The van der Waals surface area contributed by atoms with Crippen molar-refractivity contribution in [1.29, 1.82) is 0 Å². The Hall–Kier alpha value is -2.61. The van der Waals surface area contributed by atoms with Crippen LogP contribution < -0.4 is 5.32 Å². The Balaban J connectivity index is 1.64. The van der Waals surface area contributed by atoms with Crippen molar-refractivity contribution in [2.75, 3.05) is 13.1 Å². The first-order chi connectivity index (χ1) is 14.1. The first kappa shape index (κ1) is 22.1. The molecule has 1 aliphatic rings. The minimum atomic E-state index is -1.07. The Morgan fingerprint density at radius 2 is 2.03 bits per heavy atom. The fourth-order valence-electron chi connectivity index (χ4n) is 3.58. The summed E-state index contributed by atoms with van der Waals surface area (Å²) in [6.45, 7) is 6.15. The monoisotopic (exact) mass is 432 g/mol. The molecule has 2 atom stereocenters. The standard InChI is InChI=1S/C22H28N2O5S/c1-22(2,3)29-21(28)24-10-6-7-14(12-24)19(25)23-17(20(26)27)11-15-13-30-18-9-5-4-8-16(15)18/h4-5,8-9,13-14,17H,6-7,10-12H2,1-3H3,(H,23,25)(H,26,27)/t14-,17+/m1/s1. The van der Waals surface area contributed by atoms with Crippen LogP contribution in [0.5, 0.6) is 0 Å². The van der Waals surface area contributed by atoms with E-state index in [9.17, 15) is 19.5 Å². The third-order valence-electron chi connectivity index (χ3n) is 5.04. The summed E-state index contributed by atoms with van der Waals surface area (Å²) in [5.41, 5.74) is 0.298. The first-order valence-corrected chi connectivity index (χ1v) is 11.0. The zero-order valence-electron chi connectivity index (χ0n) is 17.5. The van der Waals surface area contributed by atoms with Crippen LogP contribution in [0.25, 0.3) is 10.1 Å². The number of likely N-dealkylation sites (tertiary alicyclic amines) is 1. The van der Waals surface area contributed by atoms with Crippen LogP contribution in [0.4, 0.5) is 4.79 Å². The van der Waals surface area contributed by atoms with Crippen LogP contribution in [0.15, 0.2) is 29.6 Å². The summed E-state index contributed by atoms with van der Waals surface area (Å²) in [5, 5.41) is 15.3. The lowest BCUT2D eigenvalue weighted by Crippen LogP contribution is -2.50. The van der Waals surface area contributed by atoms with Crippen molar-refractivity contribution >= 4 is 39.4 Å². The van der Waals surface area contributed by atoms with E-state index in [0.29, 0.717) is 19.4 Å². The minimum Gasteiger partial charge on any atom is -0.480 e. The molecule has 0 saturated carbocycles. The van der Waals surface area contributed by atoms with E-state index >= 15 is 0 Å². The number of nitrogens with zero attached hydrogens (tertiary/aromatic N) is 1. The van der Waals surface area contributed by atoms with Gasteiger partial charge >= 0.3 is 12.1 Å². The van der Waals surface area contributed by atoms with Gasteiger partial charge in [-0.2, -0.15) is 0 Å². The number of thiophene rings is 1. The van der Waals surface area contributed by atoms with Crippen molar-refractivity contribution in [1.82, 2.24) is 10.2 Å². The van der Waals surface area contributed by atoms with E-state index in [1.54, 1.807) is 32.1 Å². The molecule has 1 aromatic carbocycles. The van der Waals surface area contributed by atoms with E-state index in [1.807, 2.05) is 29.6 Å². The molecule has 7 nitrogen and oxygen atoms in total. The van der Waals surface area contributed by atoms with Gasteiger partial charge < -0.3 is 20.1 Å². The molecule has 162 valence electrons. The zero-order valence-corrected chi connectivity index (χ0v) is 18.3. The van der Waals surface area contributed by atoms with Crippen molar-refractivity contribution < 1.29 is 24.2 Å². The second-order valence-corrected chi connectivity index (χ2v) is 9.54. The highest BCUT2D eigenvalue weighted by Crippen LogP contribution is 2.27. The Labute approximate surface area is 180 Å². The van der Waals surface area contributed by atoms with Crippen LogP contribution in [-0.4, -0.2) is 52.7 Å². The second kappa shape index (κ2) is 9.04. The average molecular weight is 433 g/mol. The summed E-state index contributed by atoms with van der Waals surface area (Å²) in [5.74, 6) is -1.86. The molecule has 1 fully saturated rings. The number of carboxylic acid groups (broad SMARTS) is 1. The van der Waals surface area contributed by atoms with Gasteiger partial charge in [-0.15, -0.1) is 11.3 Å². The molecule has 2 amide bonds. The van der Waals surface area contributed by atoms with E-state index in [0.717, 1.165) is 15.6 Å². The number of benzene rings is 1. The molecule has 1 aliphatic heterocycles. The van der Waals surface area contributed by atoms with Gasteiger partial charge in [0.05, 0.1) is 5.92 Å². The van der Waals surface area contributed by atoms with E-state index < -0.39 is 29.6 Å². The number of ether oxygens (including phenoxy) is 1. The van der Waals surface area contributed by atoms with Crippen molar-refractivity contribution in [3.8, 4) is 0 Å². The summed E-state index contributed by atoms with van der Waals surface area (Å²) in [6, 6.07) is 6.79. The number of carbonyl (C=O) groups excluding carboxylic acids is 2. The molecule has 0 bridgehead atoms. The van der Waals surface area contributed by atoms with Gasteiger partial charge in [0.2, 0.25) is 5.91 Å². The van der Waals surface area contributed by atoms with Crippen molar-refractivity contribution in [2.45, 2.75) is 51.7 Å². The zero-order chi connectivity index (χ0) is 21.9. The number of piperidine rings is 1. The lowest BCUT2D eigenvalue weighted by Gasteiger charge is -2.33. The largest absolute Gasteiger partial charge is 0.480 e. The summed E-state index contributed by atoms with van der Waals surface area (Å²) in [7, 11) is 0. The van der Waals surface area contributed by atoms with Crippen LogP contribution >= 0.6 is 11.3 Å². The number of rotatable bonds is 5. The number of nitrogens with one attached hydrogen (secondary N) is 1. The molecule has 2 N–H and O–H groups in total. The van der Waals surface area contributed by atoms with Gasteiger partial charge in [0, 0.05) is 24.2 Å². The Bertz CT molecular complexity index is 933. The molecule has 0 spiro atoms. The highest BCUT2D eigenvalue weighted by atomic mass is 32.1. The highest BCUT2D eigenvalue weighted by molar-refractivity contribution is 7.17. The molecule has 2 aromatic rings. The smallest absolute Gasteiger partial charge is 0.410 e. The predicted molar refractivity (Wildman–Crippen MR) is 116 cm³/mol. The van der Waals surface area contributed by atoms with Gasteiger partial charge in [0.25, 0.3) is 0 Å². The van der Waals surface area contributed by atoms with Gasteiger partial charge in [-0.05, 0) is 56.0 Å². The number of carbonyl (C=O) groups is 3. The SMILES string of the molecule is CC(C)(C)OC(=O)N1CCC[C@@H](C(=O)N[C@@H](Cc2csc3ccccc23)C(=O)O)C1. The maximum Gasteiger partial charge on any atom is 0.410 e. The number of amides is 2. The highest BCUT2D eigenvalue weighted by Gasteiger charge is 2.33. The fraction of sp³-hybridized carbons (Fsp3) is 0.500. The van der Waals surface area contributed by atoms with E-state index in [-0.39, 0.29) is 18.9 Å². The van der Waals surface area contributed by atoms with Gasteiger partial charge in [0.15, 0.2) is 0 Å². The summed E-state index contributed by atoms with van der Waals surface area (Å²) < 4.78 is 6.48. The maximum atomic E-state index is 12.8. The quantitative estimate of drug-likeness (QED) is 0.752. The second-order valence-electron chi connectivity index (χ2n) is 8.63. The van der Waals surface area contributed by atoms with Crippen LogP contribution in [-0.2, 0) is 20.7 Å². The summed E-state index contributed by atoms with van der Waals surface area (Å²) in [4.78, 5) is 38.5. The van der Waals surface area contributed by atoms with Crippen LogP contribution in [0.3, 0.4) is 0 Å².